The Labute approximate surface area is 135 Å². The highest BCUT2D eigenvalue weighted by molar-refractivity contribution is 14.1. The van der Waals surface area contributed by atoms with Crippen LogP contribution in [-0.4, -0.2) is 29.7 Å². The van der Waals surface area contributed by atoms with Gasteiger partial charge in [0.25, 0.3) is 0 Å². The molecule has 3 rings (SSSR count). The summed E-state index contributed by atoms with van der Waals surface area (Å²) in [7, 11) is -2.94. The lowest BCUT2D eigenvalue weighted by Crippen LogP contribution is -2.14. The molecule has 8 heteroatoms. The number of anilines is 1. The first-order valence-corrected chi connectivity index (χ1v) is 9.95. The maximum Gasteiger partial charge on any atom is 0.152 e. The monoisotopic (exact) mass is 423 g/mol. The molecule has 3 heterocycles. The Morgan fingerprint density at radius 1 is 1.55 bits per heavy atom. The van der Waals surface area contributed by atoms with Gasteiger partial charge in [-0.25, -0.2) is 13.1 Å². The van der Waals surface area contributed by atoms with E-state index in [1.807, 2.05) is 12.3 Å². The molecular formula is C12H14IN3O2S2. The summed E-state index contributed by atoms with van der Waals surface area (Å²) in [6.07, 6.45) is 0.592. The summed E-state index contributed by atoms with van der Waals surface area (Å²) in [5, 5.41) is 6.62. The van der Waals surface area contributed by atoms with Gasteiger partial charge in [0, 0.05) is 16.5 Å². The van der Waals surface area contributed by atoms with Crippen molar-refractivity contribution in [2.24, 2.45) is 0 Å². The average Bonchev–Trinajstić information content (AvgIpc) is 3.01. The predicted octanol–water partition coefficient (Wildman–Crippen LogP) is 2.47. The number of nitrogens with zero attached hydrogens (tertiary/aromatic N) is 2. The van der Waals surface area contributed by atoms with Gasteiger partial charge in [-0.3, -0.25) is 0 Å². The van der Waals surface area contributed by atoms with Crippen LogP contribution in [0.5, 0.6) is 0 Å². The van der Waals surface area contributed by atoms with E-state index >= 15 is 0 Å². The number of halogens is 1. The Kier molecular flexibility index (Phi) is 3.57. The van der Waals surface area contributed by atoms with Crippen LogP contribution >= 0.6 is 33.9 Å². The normalized spacial score (nSPS) is 21.4. The van der Waals surface area contributed by atoms with E-state index in [4.69, 9.17) is 5.73 Å². The van der Waals surface area contributed by atoms with Crippen molar-refractivity contribution < 1.29 is 8.42 Å². The minimum atomic E-state index is -2.94. The fraction of sp³-hybridized carbons (Fsp3) is 0.417. The molecular weight excluding hydrogens is 409 g/mol. The summed E-state index contributed by atoms with van der Waals surface area (Å²) in [6.45, 7) is 1.93. The standard InChI is InChI=1S/C12H14IN3O2S2/c1-7-11(8-4-10(13)19-5-8)15-16(12(7)14)9-2-3-20(17,18)6-9/h4-5,9H,2-3,6,14H2,1H3. The SMILES string of the molecule is Cc1c(-c2csc(I)c2)nn(C2CCS(=O)(=O)C2)c1N. The molecule has 108 valence electrons. The summed E-state index contributed by atoms with van der Waals surface area (Å²) in [6, 6.07) is 1.93. The third kappa shape index (κ3) is 2.48. The number of rotatable bonds is 2. The van der Waals surface area contributed by atoms with Gasteiger partial charge in [0.2, 0.25) is 0 Å². The van der Waals surface area contributed by atoms with E-state index in [0.29, 0.717) is 12.2 Å². The Morgan fingerprint density at radius 3 is 2.85 bits per heavy atom. The van der Waals surface area contributed by atoms with E-state index < -0.39 is 9.84 Å². The topological polar surface area (TPSA) is 78.0 Å². The zero-order valence-electron chi connectivity index (χ0n) is 10.8. The molecule has 0 bridgehead atoms. The molecule has 1 unspecified atom stereocenters. The zero-order valence-corrected chi connectivity index (χ0v) is 14.6. The van der Waals surface area contributed by atoms with Gasteiger partial charge in [-0.15, -0.1) is 11.3 Å². The summed E-state index contributed by atoms with van der Waals surface area (Å²) in [5.74, 6) is 0.934. The summed E-state index contributed by atoms with van der Waals surface area (Å²) in [5.41, 5.74) is 8.94. The number of hydrogen-bond donors (Lipinski definition) is 1. The molecule has 0 amide bonds. The smallest absolute Gasteiger partial charge is 0.152 e. The minimum Gasteiger partial charge on any atom is -0.384 e. The first-order valence-electron chi connectivity index (χ1n) is 6.17. The fourth-order valence-electron chi connectivity index (χ4n) is 2.48. The second-order valence-corrected chi connectivity index (χ2v) is 10.0. The summed E-state index contributed by atoms with van der Waals surface area (Å²) < 4.78 is 26.1. The van der Waals surface area contributed by atoms with Gasteiger partial charge in [0.15, 0.2) is 9.84 Å². The van der Waals surface area contributed by atoms with Crippen LogP contribution in [0.3, 0.4) is 0 Å². The van der Waals surface area contributed by atoms with Crippen molar-refractivity contribution in [3.8, 4) is 11.3 Å². The van der Waals surface area contributed by atoms with Gasteiger partial charge in [-0.1, -0.05) is 0 Å². The van der Waals surface area contributed by atoms with Gasteiger partial charge < -0.3 is 5.73 Å². The second-order valence-electron chi connectivity index (χ2n) is 5.00. The molecule has 0 spiro atoms. The highest BCUT2D eigenvalue weighted by Crippen LogP contribution is 2.34. The molecule has 1 atom stereocenters. The second kappa shape index (κ2) is 4.99. The number of nitrogens with two attached hydrogens (primary N) is 1. The van der Waals surface area contributed by atoms with Gasteiger partial charge in [-0.2, -0.15) is 5.10 Å². The van der Waals surface area contributed by atoms with Crippen molar-refractivity contribution in [2.75, 3.05) is 17.2 Å². The first-order chi connectivity index (χ1) is 9.37. The molecule has 20 heavy (non-hydrogen) atoms. The lowest BCUT2D eigenvalue weighted by Gasteiger charge is -2.10. The van der Waals surface area contributed by atoms with E-state index in [-0.39, 0.29) is 17.5 Å². The van der Waals surface area contributed by atoms with Crippen molar-refractivity contribution in [3.05, 3.63) is 19.9 Å². The number of aromatic nitrogens is 2. The van der Waals surface area contributed by atoms with Crippen LogP contribution in [0.2, 0.25) is 0 Å². The molecule has 2 aromatic rings. The molecule has 1 saturated heterocycles. The molecule has 2 N–H and O–H groups in total. The Morgan fingerprint density at radius 2 is 2.30 bits per heavy atom. The van der Waals surface area contributed by atoms with Crippen molar-refractivity contribution in [1.82, 2.24) is 9.78 Å². The quantitative estimate of drug-likeness (QED) is 0.753. The number of sulfone groups is 1. The molecule has 2 aromatic heterocycles. The van der Waals surface area contributed by atoms with Crippen LogP contribution in [0.15, 0.2) is 11.4 Å². The number of thiophene rings is 1. The van der Waals surface area contributed by atoms with Crippen molar-refractivity contribution in [2.45, 2.75) is 19.4 Å². The Hall–Kier alpha value is -0.610. The van der Waals surface area contributed by atoms with Crippen LogP contribution in [0, 0.1) is 9.81 Å². The van der Waals surface area contributed by atoms with E-state index in [1.54, 1.807) is 16.0 Å². The van der Waals surface area contributed by atoms with Gasteiger partial charge in [0.1, 0.15) is 5.82 Å². The molecule has 0 radical (unpaired) electrons. The van der Waals surface area contributed by atoms with E-state index in [9.17, 15) is 8.42 Å². The third-order valence-electron chi connectivity index (χ3n) is 3.59. The van der Waals surface area contributed by atoms with Gasteiger partial charge in [0.05, 0.1) is 26.1 Å². The predicted molar refractivity (Wildman–Crippen MR) is 89.7 cm³/mol. The number of hydrogen-bond acceptors (Lipinski definition) is 5. The maximum absolute atomic E-state index is 11.6. The minimum absolute atomic E-state index is 0.134. The molecule has 0 aliphatic carbocycles. The van der Waals surface area contributed by atoms with Crippen molar-refractivity contribution >= 4 is 49.6 Å². The first kappa shape index (κ1) is 14.3. The van der Waals surface area contributed by atoms with Crippen molar-refractivity contribution in [1.29, 1.82) is 0 Å². The fourth-order valence-corrected chi connectivity index (χ4v) is 5.51. The molecule has 0 saturated carbocycles. The van der Waals surface area contributed by atoms with Crippen LogP contribution < -0.4 is 5.73 Å². The lowest BCUT2D eigenvalue weighted by molar-refractivity contribution is 0.508. The van der Waals surface area contributed by atoms with E-state index in [1.165, 1.54) is 2.88 Å². The molecule has 0 aromatic carbocycles. The Balaban J connectivity index is 2.02. The molecule has 1 aliphatic rings. The van der Waals surface area contributed by atoms with Crippen LogP contribution in [0.4, 0.5) is 5.82 Å². The largest absolute Gasteiger partial charge is 0.384 e. The van der Waals surface area contributed by atoms with Crippen molar-refractivity contribution in [3.63, 3.8) is 0 Å². The lowest BCUT2D eigenvalue weighted by atomic mass is 10.1. The van der Waals surface area contributed by atoms with Gasteiger partial charge >= 0.3 is 0 Å². The average molecular weight is 423 g/mol. The van der Waals surface area contributed by atoms with Crippen LogP contribution in [0.25, 0.3) is 11.3 Å². The molecule has 1 fully saturated rings. The van der Waals surface area contributed by atoms with Crippen LogP contribution in [0.1, 0.15) is 18.0 Å². The summed E-state index contributed by atoms with van der Waals surface area (Å²) in [4.78, 5) is 0. The highest BCUT2D eigenvalue weighted by Gasteiger charge is 2.31. The molecule has 5 nitrogen and oxygen atoms in total. The van der Waals surface area contributed by atoms with E-state index in [0.717, 1.165) is 16.8 Å². The van der Waals surface area contributed by atoms with Crippen LogP contribution in [-0.2, 0) is 9.84 Å². The maximum atomic E-state index is 11.6. The Bertz CT molecular complexity index is 764. The molecule has 1 aliphatic heterocycles. The number of nitrogen functional groups attached to an aromatic ring is 1. The van der Waals surface area contributed by atoms with Gasteiger partial charge in [-0.05, 0) is 42.0 Å². The third-order valence-corrected chi connectivity index (χ3v) is 7.13. The van der Waals surface area contributed by atoms with E-state index in [2.05, 4.69) is 33.8 Å². The zero-order chi connectivity index (χ0) is 14.5. The summed E-state index contributed by atoms with van der Waals surface area (Å²) >= 11 is 3.93. The highest BCUT2D eigenvalue weighted by atomic mass is 127.